The number of carbonyl (C=O) groups is 1. The van der Waals surface area contributed by atoms with Gasteiger partial charge < -0.3 is 9.47 Å². The van der Waals surface area contributed by atoms with Crippen molar-refractivity contribution < 1.29 is 14.3 Å². The second-order valence-corrected chi connectivity index (χ2v) is 3.94. The Morgan fingerprint density at radius 2 is 2.19 bits per heavy atom. The van der Waals surface area contributed by atoms with Crippen LogP contribution in [-0.2, 0) is 9.47 Å². The van der Waals surface area contributed by atoms with E-state index in [-0.39, 0.29) is 18.5 Å². The molecule has 0 amide bonds. The first-order valence-corrected chi connectivity index (χ1v) is 5.64. The quantitative estimate of drug-likeness (QED) is 0.729. The van der Waals surface area contributed by atoms with Crippen LogP contribution in [0, 0.1) is 0 Å². The van der Waals surface area contributed by atoms with Crippen LogP contribution in [0.2, 0.25) is 0 Å². The number of Topliss-reactive ketones (excluding diaryl/α,β-unsaturated/α-hetero) is 1. The number of rotatable bonds is 4. The van der Waals surface area contributed by atoms with E-state index in [4.69, 9.17) is 9.47 Å². The summed E-state index contributed by atoms with van der Waals surface area (Å²) >= 11 is 0. The summed E-state index contributed by atoms with van der Waals surface area (Å²) < 4.78 is 10.8. The zero-order chi connectivity index (χ0) is 11.2. The van der Waals surface area contributed by atoms with Gasteiger partial charge in [0.2, 0.25) is 0 Å². The van der Waals surface area contributed by atoms with Gasteiger partial charge in [-0.3, -0.25) is 4.79 Å². The van der Waals surface area contributed by atoms with Crippen LogP contribution in [0.4, 0.5) is 0 Å². The fourth-order valence-corrected chi connectivity index (χ4v) is 1.74. The lowest BCUT2D eigenvalue weighted by Crippen LogP contribution is -2.27. The predicted octanol–water partition coefficient (Wildman–Crippen LogP) is 2.06. The third kappa shape index (κ3) is 3.15. The normalized spacial score (nSPS) is 20.6. The summed E-state index contributed by atoms with van der Waals surface area (Å²) in [6, 6.07) is 9.23. The average molecular weight is 220 g/mol. The van der Waals surface area contributed by atoms with Crippen molar-refractivity contribution in [3.8, 4) is 0 Å². The first kappa shape index (κ1) is 11.3. The molecule has 2 rings (SSSR count). The minimum atomic E-state index is 0.0335. The van der Waals surface area contributed by atoms with Crippen LogP contribution in [0.15, 0.2) is 30.3 Å². The maximum atomic E-state index is 11.7. The molecule has 1 aliphatic heterocycles. The van der Waals surface area contributed by atoms with Gasteiger partial charge in [-0.05, 0) is 12.8 Å². The zero-order valence-corrected chi connectivity index (χ0v) is 9.22. The van der Waals surface area contributed by atoms with Gasteiger partial charge in [-0.2, -0.15) is 0 Å². The highest BCUT2D eigenvalue weighted by atomic mass is 16.5. The predicted molar refractivity (Wildman–Crippen MR) is 60.6 cm³/mol. The van der Waals surface area contributed by atoms with Crippen molar-refractivity contribution in [3.05, 3.63) is 35.9 Å². The molecular formula is C13H16O3. The van der Waals surface area contributed by atoms with E-state index in [2.05, 4.69) is 0 Å². The minimum Gasteiger partial charge on any atom is -0.379 e. The highest BCUT2D eigenvalue weighted by Crippen LogP contribution is 2.10. The summed E-state index contributed by atoms with van der Waals surface area (Å²) in [5.74, 6) is 0.0335. The third-order valence-electron chi connectivity index (χ3n) is 2.66. The number of ether oxygens (including phenoxy) is 2. The first-order valence-electron chi connectivity index (χ1n) is 5.64. The highest BCUT2D eigenvalue weighted by Gasteiger charge is 2.16. The van der Waals surface area contributed by atoms with Crippen molar-refractivity contribution in [2.75, 3.05) is 19.8 Å². The molecule has 3 heteroatoms. The van der Waals surface area contributed by atoms with Crippen LogP contribution in [0.5, 0.6) is 0 Å². The van der Waals surface area contributed by atoms with Gasteiger partial charge >= 0.3 is 0 Å². The number of hydrogen-bond donors (Lipinski definition) is 0. The first-order chi connectivity index (χ1) is 7.86. The second kappa shape index (κ2) is 5.77. The molecule has 0 N–H and O–H groups in total. The van der Waals surface area contributed by atoms with E-state index < -0.39 is 0 Å². The van der Waals surface area contributed by atoms with Gasteiger partial charge in [-0.1, -0.05) is 30.3 Å². The minimum absolute atomic E-state index is 0.0335. The van der Waals surface area contributed by atoms with Crippen molar-refractivity contribution in [2.24, 2.45) is 0 Å². The molecule has 86 valence electrons. The lowest BCUT2D eigenvalue weighted by Gasteiger charge is -2.21. The molecule has 1 aliphatic rings. The SMILES string of the molecule is O=C(COC1CCCOC1)c1ccccc1. The van der Waals surface area contributed by atoms with Gasteiger partial charge in [0.15, 0.2) is 5.78 Å². The molecule has 0 bridgehead atoms. The van der Waals surface area contributed by atoms with E-state index in [0.717, 1.165) is 19.4 Å². The van der Waals surface area contributed by atoms with E-state index in [0.29, 0.717) is 12.2 Å². The van der Waals surface area contributed by atoms with Crippen molar-refractivity contribution in [3.63, 3.8) is 0 Å². The molecule has 1 unspecified atom stereocenters. The summed E-state index contributed by atoms with van der Waals surface area (Å²) in [5.41, 5.74) is 0.708. The van der Waals surface area contributed by atoms with Crippen molar-refractivity contribution in [1.29, 1.82) is 0 Å². The topological polar surface area (TPSA) is 35.5 Å². The molecule has 1 fully saturated rings. The smallest absolute Gasteiger partial charge is 0.188 e. The van der Waals surface area contributed by atoms with Gasteiger partial charge in [0.05, 0.1) is 12.7 Å². The van der Waals surface area contributed by atoms with Gasteiger partial charge in [-0.25, -0.2) is 0 Å². The van der Waals surface area contributed by atoms with Gasteiger partial charge in [0.1, 0.15) is 6.61 Å². The maximum absolute atomic E-state index is 11.7. The summed E-state index contributed by atoms with van der Waals surface area (Å²) in [5, 5.41) is 0. The molecule has 1 aromatic rings. The van der Waals surface area contributed by atoms with Crippen LogP contribution in [0.25, 0.3) is 0 Å². The molecule has 0 aliphatic carbocycles. The summed E-state index contributed by atoms with van der Waals surface area (Å²) in [4.78, 5) is 11.7. The molecule has 0 radical (unpaired) electrons. The summed E-state index contributed by atoms with van der Waals surface area (Å²) in [6.07, 6.45) is 2.09. The van der Waals surface area contributed by atoms with Gasteiger partial charge in [0.25, 0.3) is 0 Å². The molecule has 1 aromatic carbocycles. The monoisotopic (exact) mass is 220 g/mol. The molecular weight excluding hydrogens is 204 g/mol. The number of ketones is 1. The second-order valence-electron chi connectivity index (χ2n) is 3.94. The van der Waals surface area contributed by atoms with Gasteiger partial charge in [-0.15, -0.1) is 0 Å². The zero-order valence-electron chi connectivity index (χ0n) is 9.22. The largest absolute Gasteiger partial charge is 0.379 e. The number of benzene rings is 1. The average Bonchev–Trinajstić information content (AvgIpc) is 2.38. The Morgan fingerprint density at radius 3 is 2.88 bits per heavy atom. The Kier molecular flexibility index (Phi) is 4.08. The van der Waals surface area contributed by atoms with E-state index >= 15 is 0 Å². The third-order valence-corrected chi connectivity index (χ3v) is 2.66. The van der Waals surface area contributed by atoms with Crippen molar-refractivity contribution in [1.82, 2.24) is 0 Å². The highest BCUT2D eigenvalue weighted by molar-refractivity contribution is 5.96. The molecule has 1 atom stereocenters. The fraction of sp³-hybridized carbons (Fsp3) is 0.462. The lowest BCUT2D eigenvalue weighted by molar-refractivity contribution is -0.0436. The molecule has 3 nitrogen and oxygen atoms in total. The molecule has 1 saturated heterocycles. The van der Waals surface area contributed by atoms with Gasteiger partial charge in [0, 0.05) is 12.2 Å². The van der Waals surface area contributed by atoms with Crippen LogP contribution < -0.4 is 0 Å². The lowest BCUT2D eigenvalue weighted by atomic mass is 10.1. The van der Waals surface area contributed by atoms with Crippen molar-refractivity contribution in [2.45, 2.75) is 18.9 Å². The van der Waals surface area contributed by atoms with E-state index in [1.165, 1.54) is 0 Å². The summed E-state index contributed by atoms with van der Waals surface area (Å²) in [6.45, 7) is 1.58. The Morgan fingerprint density at radius 1 is 1.38 bits per heavy atom. The fourth-order valence-electron chi connectivity index (χ4n) is 1.74. The van der Waals surface area contributed by atoms with Crippen molar-refractivity contribution >= 4 is 5.78 Å². The summed E-state index contributed by atoms with van der Waals surface area (Å²) in [7, 11) is 0. The molecule has 0 spiro atoms. The molecule has 0 aromatic heterocycles. The van der Waals surface area contributed by atoms with E-state index in [1.54, 1.807) is 0 Å². The Labute approximate surface area is 95.4 Å². The van der Waals surface area contributed by atoms with E-state index in [1.807, 2.05) is 30.3 Å². The molecule has 0 saturated carbocycles. The molecule has 1 heterocycles. The van der Waals surface area contributed by atoms with Crippen LogP contribution in [0.1, 0.15) is 23.2 Å². The Balaban J connectivity index is 1.79. The Bertz CT molecular complexity index is 328. The van der Waals surface area contributed by atoms with Crippen LogP contribution >= 0.6 is 0 Å². The number of hydrogen-bond acceptors (Lipinski definition) is 3. The Hall–Kier alpha value is -1.19. The van der Waals surface area contributed by atoms with Crippen LogP contribution in [-0.4, -0.2) is 31.7 Å². The van der Waals surface area contributed by atoms with E-state index in [9.17, 15) is 4.79 Å². The molecule has 16 heavy (non-hydrogen) atoms. The van der Waals surface area contributed by atoms with Crippen LogP contribution in [0.3, 0.4) is 0 Å². The number of carbonyl (C=O) groups excluding carboxylic acids is 1. The maximum Gasteiger partial charge on any atom is 0.188 e. The standard InChI is InChI=1S/C13H16O3/c14-13(11-5-2-1-3-6-11)10-16-12-7-4-8-15-9-12/h1-3,5-6,12H,4,7-10H2.